The minimum atomic E-state index is -0.829. The molecule has 0 aliphatic carbocycles. The Morgan fingerprint density at radius 2 is 1.83 bits per heavy atom. The summed E-state index contributed by atoms with van der Waals surface area (Å²) < 4.78 is 0. The molecule has 1 aromatic carbocycles. The maximum atomic E-state index is 12.1. The zero-order chi connectivity index (χ0) is 13.1. The number of likely N-dealkylation sites (tertiary alicyclic amines) is 1. The number of carbonyl (C=O) groups is 1. The quantitative estimate of drug-likeness (QED) is 0.847. The Balaban J connectivity index is 2.05. The molecular formula is C13H17NO3S. The molecule has 1 heterocycles. The van der Waals surface area contributed by atoms with Gasteiger partial charge in [-0.2, -0.15) is 11.8 Å². The van der Waals surface area contributed by atoms with Crippen LogP contribution in [0.15, 0.2) is 24.3 Å². The van der Waals surface area contributed by atoms with E-state index in [1.165, 1.54) is 10.5 Å². The number of aliphatic hydroxyl groups excluding tert-OH is 2. The smallest absolute Gasteiger partial charge is 0.254 e. The lowest BCUT2D eigenvalue weighted by Gasteiger charge is -2.15. The van der Waals surface area contributed by atoms with Crippen LogP contribution >= 0.6 is 11.8 Å². The third-order valence-electron chi connectivity index (χ3n) is 3.06. The number of rotatable bonds is 3. The van der Waals surface area contributed by atoms with Crippen molar-refractivity contribution in [3.8, 4) is 0 Å². The van der Waals surface area contributed by atoms with Gasteiger partial charge in [0, 0.05) is 24.4 Å². The molecule has 18 heavy (non-hydrogen) atoms. The number of thioether (sulfide) groups is 1. The predicted molar refractivity (Wildman–Crippen MR) is 71.6 cm³/mol. The van der Waals surface area contributed by atoms with Gasteiger partial charge in [0.15, 0.2) is 0 Å². The van der Waals surface area contributed by atoms with Crippen LogP contribution in [-0.2, 0) is 5.75 Å². The SMILES string of the molecule is CSCc1ccc(C(=O)N2CC(O)C(O)C2)cc1. The van der Waals surface area contributed by atoms with Gasteiger partial charge in [0.25, 0.3) is 5.91 Å². The van der Waals surface area contributed by atoms with Crippen molar-refractivity contribution in [3.05, 3.63) is 35.4 Å². The van der Waals surface area contributed by atoms with Crippen molar-refractivity contribution in [2.45, 2.75) is 18.0 Å². The molecule has 1 aliphatic heterocycles. The Morgan fingerprint density at radius 1 is 1.28 bits per heavy atom. The molecule has 4 nitrogen and oxygen atoms in total. The van der Waals surface area contributed by atoms with Gasteiger partial charge in [-0.25, -0.2) is 0 Å². The molecule has 2 N–H and O–H groups in total. The summed E-state index contributed by atoms with van der Waals surface area (Å²) in [7, 11) is 0. The molecule has 2 atom stereocenters. The minimum Gasteiger partial charge on any atom is -0.388 e. The highest BCUT2D eigenvalue weighted by Gasteiger charge is 2.32. The maximum absolute atomic E-state index is 12.1. The van der Waals surface area contributed by atoms with Crippen LogP contribution in [-0.4, -0.2) is 52.6 Å². The van der Waals surface area contributed by atoms with Crippen LogP contribution in [0.2, 0.25) is 0 Å². The molecule has 1 fully saturated rings. The van der Waals surface area contributed by atoms with Crippen molar-refractivity contribution >= 4 is 17.7 Å². The van der Waals surface area contributed by atoms with Gasteiger partial charge in [0.2, 0.25) is 0 Å². The van der Waals surface area contributed by atoms with E-state index in [9.17, 15) is 15.0 Å². The predicted octanol–water partition coefficient (Wildman–Crippen LogP) is 0.727. The number of nitrogens with zero attached hydrogens (tertiary/aromatic N) is 1. The van der Waals surface area contributed by atoms with Crippen molar-refractivity contribution in [1.29, 1.82) is 0 Å². The minimum absolute atomic E-state index is 0.138. The number of aliphatic hydroxyl groups is 2. The van der Waals surface area contributed by atoms with E-state index in [0.29, 0.717) is 5.56 Å². The zero-order valence-electron chi connectivity index (χ0n) is 10.2. The highest BCUT2D eigenvalue weighted by Crippen LogP contribution is 2.16. The number of hydrogen-bond donors (Lipinski definition) is 2. The standard InChI is InChI=1S/C13H17NO3S/c1-18-8-9-2-4-10(5-3-9)13(17)14-6-11(15)12(16)7-14/h2-5,11-12,15-16H,6-8H2,1H3. The Kier molecular flexibility index (Phi) is 4.27. The van der Waals surface area contributed by atoms with Gasteiger partial charge in [-0.3, -0.25) is 4.79 Å². The molecule has 0 bridgehead atoms. The van der Waals surface area contributed by atoms with Crippen molar-refractivity contribution in [2.75, 3.05) is 19.3 Å². The summed E-state index contributed by atoms with van der Waals surface area (Å²) >= 11 is 1.73. The second kappa shape index (κ2) is 5.73. The molecule has 1 aromatic rings. The molecule has 0 aromatic heterocycles. The van der Waals surface area contributed by atoms with Gasteiger partial charge in [-0.1, -0.05) is 12.1 Å². The van der Waals surface area contributed by atoms with Gasteiger partial charge in [-0.15, -0.1) is 0 Å². The molecular weight excluding hydrogens is 250 g/mol. The van der Waals surface area contributed by atoms with Crippen LogP contribution in [0.5, 0.6) is 0 Å². The molecule has 98 valence electrons. The van der Waals surface area contributed by atoms with Gasteiger partial charge in [0.1, 0.15) is 0 Å². The summed E-state index contributed by atoms with van der Waals surface area (Å²) in [6.45, 7) is 0.402. The Labute approximate surface area is 111 Å². The highest BCUT2D eigenvalue weighted by atomic mass is 32.2. The largest absolute Gasteiger partial charge is 0.388 e. The Hall–Kier alpha value is -1.04. The first kappa shape index (κ1) is 13.4. The second-order valence-corrected chi connectivity index (χ2v) is 5.34. The van der Waals surface area contributed by atoms with Crippen molar-refractivity contribution in [2.24, 2.45) is 0 Å². The van der Waals surface area contributed by atoms with Crippen molar-refractivity contribution in [1.82, 2.24) is 4.90 Å². The fourth-order valence-electron chi connectivity index (χ4n) is 2.03. The summed E-state index contributed by atoms with van der Waals surface area (Å²) in [5, 5.41) is 18.9. The lowest BCUT2D eigenvalue weighted by molar-refractivity contribution is 0.0572. The average molecular weight is 267 g/mol. The number of hydrogen-bond acceptors (Lipinski definition) is 4. The second-order valence-electron chi connectivity index (χ2n) is 4.47. The van der Waals surface area contributed by atoms with Crippen LogP contribution in [0.25, 0.3) is 0 Å². The van der Waals surface area contributed by atoms with E-state index in [0.717, 1.165) is 5.75 Å². The van der Waals surface area contributed by atoms with Gasteiger partial charge >= 0.3 is 0 Å². The summed E-state index contributed by atoms with van der Waals surface area (Å²) in [5.74, 6) is 0.789. The number of carbonyl (C=O) groups excluding carboxylic acids is 1. The fraction of sp³-hybridized carbons (Fsp3) is 0.462. The van der Waals surface area contributed by atoms with E-state index in [2.05, 4.69) is 0 Å². The topological polar surface area (TPSA) is 60.8 Å². The lowest BCUT2D eigenvalue weighted by atomic mass is 10.1. The zero-order valence-corrected chi connectivity index (χ0v) is 11.1. The first-order valence-electron chi connectivity index (χ1n) is 5.85. The number of β-amino-alcohol motifs (C(OH)–C–C–N with tert-alkyl or cyclic N) is 2. The average Bonchev–Trinajstić information content (AvgIpc) is 2.70. The first-order chi connectivity index (χ1) is 8.61. The van der Waals surface area contributed by atoms with Crippen LogP contribution < -0.4 is 0 Å². The molecule has 5 heteroatoms. The normalized spacial score (nSPS) is 23.4. The molecule has 0 saturated carbocycles. The number of benzene rings is 1. The van der Waals surface area contributed by atoms with E-state index >= 15 is 0 Å². The lowest BCUT2D eigenvalue weighted by Crippen LogP contribution is -2.29. The monoisotopic (exact) mass is 267 g/mol. The molecule has 1 amide bonds. The molecule has 1 saturated heterocycles. The highest BCUT2D eigenvalue weighted by molar-refractivity contribution is 7.97. The van der Waals surface area contributed by atoms with Crippen molar-refractivity contribution in [3.63, 3.8) is 0 Å². The summed E-state index contributed by atoms with van der Waals surface area (Å²) in [6, 6.07) is 7.47. The van der Waals surface area contributed by atoms with E-state index in [-0.39, 0.29) is 19.0 Å². The summed E-state index contributed by atoms with van der Waals surface area (Å²) in [6.07, 6.45) is 0.376. The van der Waals surface area contributed by atoms with Crippen molar-refractivity contribution < 1.29 is 15.0 Å². The summed E-state index contributed by atoms with van der Waals surface area (Å²) in [5.41, 5.74) is 1.78. The molecule has 2 rings (SSSR count). The van der Waals surface area contributed by atoms with Crippen LogP contribution in [0.4, 0.5) is 0 Å². The third-order valence-corrected chi connectivity index (χ3v) is 3.68. The van der Waals surface area contributed by atoms with Gasteiger partial charge < -0.3 is 15.1 Å². The van der Waals surface area contributed by atoms with E-state index in [4.69, 9.17) is 0 Å². The third kappa shape index (κ3) is 2.85. The van der Waals surface area contributed by atoms with Gasteiger partial charge in [0.05, 0.1) is 12.2 Å². The molecule has 0 radical (unpaired) electrons. The molecule has 2 unspecified atom stereocenters. The van der Waals surface area contributed by atoms with E-state index in [1.807, 2.05) is 18.4 Å². The van der Waals surface area contributed by atoms with Crippen LogP contribution in [0.1, 0.15) is 15.9 Å². The maximum Gasteiger partial charge on any atom is 0.254 e. The Morgan fingerprint density at radius 3 is 2.33 bits per heavy atom. The number of amides is 1. The molecule has 1 aliphatic rings. The molecule has 0 spiro atoms. The van der Waals surface area contributed by atoms with Gasteiger partial charge in [-0.05, 0) is 24.0 Å². The van der Waals surface area contributed by atoms with Crippen LogP contribution in [0.3, 0.4) is 0 Å². The Bertz CT molecular complexity index is 411. The van der Waals surface area contributed by atoms with Crippen LogP contribution in [0, 0.1) is 0 Å². The van der Waals surface area contributed by atoms with E-state index in [1.54, 1.807) is 23.9 Å². The fourth-order valence-corrected chi connectivity index (χ4v) is 2.55. The first-order valence-corrected chi connectivity index (χ1v) is 7.24. The van der Waals surface area contributed by atoms with E-state index < -0.39 is 12.2 Å². The summed E-state index contributed by atoms with van der Waals surface area (Å²) in [4.78, 5) is 13.6.